The maximum atomic E-state index is 11.4. The molecule has 15 heavy (non-hydrogen) atoms. The van der Waals surface area contributed by atoms with Crippen LogP contribution in [0.3, 0.4) is 0 Å². The van der Waals surface area contributed by atoms with Gasteiger partial charge in [-0.15, -0.1) is 0 Å². The first-order chi connectivity index (χ1) is 7.04. The molecular formula is C11H18O4. The zero-order valence-electron chi connectivity index (χ0n) is 9.49. The van der Waals surface area contributed by atoms with Crippen molar-refractivity contribution in [1.29, 1.82) is 0 Å². The Morgan fingerprint density at radius 3 is 2.80 bits per heavy atom. The zero-order valence-corrected chi connectivity index (χ0v) is 9.49. The highest BCUT2D eigenvalue weighted by atomic mass is 16.5. The molecule has 0 saturated carbocycles. The molecule has 0 radical (unpaired) electrons. The molecule has 0 amide bonds. The lowest BCUT2D eigenvalue weighted by Crippen LogP contribution is -2.21. The van der Waals surface area contributed by atoms with Crippen LogP contribution in [0.15, 0.2) is 0 Å². The van der Waals surface area contributed by atoms with E-state index in [9.17, 15) is 9.59 Å². The first-order valence-corrected chi connectivity index (χ1v) is 5.40. The predicted molar refractivity (Wildman–Crippen MR) is 54.1 cm³/mol. The van der Waals surface area contributed by atoms with Gasteiger partial charge in [0, 0.05) is 5.92 Å². The van der Waals surface area contributed by atoms with Crippen LogP contribution in [0, 0.1) is 11.8 Å². The topological polar surface area (TPSA) is 52.6 Å². The standard InChI is InChI=1S/C11H18O4/c1-4-9-8(6-14-11(9)13)5-10(12)15-7(2)3/h7-9H,4-6H2,1-3H3/t8-,9-/m0/s1. The van der Waals surface area contributed by atoms with Crippen molar-refractivity contribution in [3.05, 3.63) is 0 Å². The fourth-order valence-corrected chi connectivity index (χ4v) is 1.83. The normalized spacial score (nSPS) is 25.5. The molecule has 0 bridgehead atoms. The Morgan fingerprint density at radius 1 is 1.60 bits per heavy atom. The van der Waals surface area contributed by atoms with Gasteiger partial charge >= 0.3 is 11.9 Å². The quantitative estimate of drug-likeness (QED) is 0.666. The summed E-state index contributed by atoms with van der Waals surface area (Å²) in [6, 6.07) is 0. The summed E-state index contributed by atoms with van der Waals surface area (Å²) in [5, 5.41) is 0. The van der Waals surface area contributed by atoms with E-state index in [0.717, 1.165) is 6.42 Å². The number of hydrogen-bond donors (Lipinski definition) is 0. The summed E-state index contributed by atoms with van der Waals surface area (Å²) in [7, 11) is 0. The van der Waals surface area contributed by atoms with Gasteiger partial charge in [-0.05, 0) is 20.3 Å². The van der Waals surface area contributed by atoms with Crippen molar-refractivity contribution in [3.63, 3.8) is 0 Å². The summed E-state index contributed by atoms with van der Waals surface area (Å²) >= 11 is 0. The molecule has 0 N–H and O–H groups in total. The van der Waals surface area contributed by atoms with Crippen LogP contribution in [-0.4, -0.2) is 24.6 Å². The van der Waals surface area contributed by atoms with E-state index in [1.54, 1.807) is 0 Å². The summed E-state index contributed by atoms with van der Waals surface area (Å²) < 4.78 is 9.96. The van der Waals surface area contributed by atoms with Crippen molar-refractivity contribution < 1.29 is 19.1 Å². The van der Waals surface area contributed by atoms with Crippen LogP contribution >= 0.6 is 0 Å². The van der Waals surface area contributed by atoms with Crippen LogP contribution in [0.4, 0.5) is 0 Å². The van der Waals surface area contributed by atoms with E-state index in [-0.39, 0.29) is 36.3 Å². The lowest BCUT2D eigenvalue weighted by atomic mass is 9.90. The van der Waals surface area contributed by atoms with Crippen molar-refractivity contribution in [1.82, 2.24) is 0 Å². The second-order valence-corrected chi connectivity index (χ2v) is 4.15. The molecule has 0 spiro atoms. The Hall–Kier alpha value is -1.06. The van der Waals surface area contributed by atoms with Gasteiger partial charge in [0.15, 0.2) is 0 Å². The van der Waals surface area contributed by atoms with Crippen molar-refractivity contribution in [2.45, 2.75) is 39.7 Å². The molecule has 2 atom stereocenters. The molecule has 1 aliphatic heterocycles. The van der Waals surface area contributed by atoms with Gasteiger partial charge in [0.1, 0.15) is 0 Å². The maximum absolute atomic E-state index is 11.4. The SMILES string of the molecule is CC[C@@H]1C(=O)OC[C@@H]1CC(=O)OC(C)C. The molecule has 1 rings (SSSR count). The summed E-state index contributed by atoms with van der Waals surface area (Å²) in [5.41, 5.74) is 0. The van der Waals surface area contributed by atoms with Crippen molar-refractivity contribution in [3.8, 4) is 0 Å². The van der Waals surface area contributed by atoms with Gasteiger partial charge in [-0.25, -0.2) is 0 Å². The van der Waals surface area contributed by atoms with Crippen LogP contribution in [0.5, 0.6) is 0 Å². The van der Waals surface area contributed by atoms with E-state index in [0.29, 0.717) is 6.61 Å². The van der Waals surface area contributed by atoms with E-state index in [1.165, 1.54) is 0 Å². The van der Waals surface area contributed by atoms with Crippen molar-refractivity contribution >= 4 is 11.9 Å². The monoisotopic (exact) mass is 214 g/mol. The van der Waals surface area contributed by atoms with Gasteiger partial charge in [0.25, 0.3) is 0 Å². The highest BCUT2D eigenvalue weighted by molar-refractivity contribution is 5.77. The smallest absolute Gasteiger partial charge is 0.309 e. The molecule has 0 unspecified atom stereocenters. The molecule has 1 fully saturated rings. The van der Waals surface area contributed by atoms with Crippen LogP contribution < -0.4 is 0 Å². The van der Waals surface area contributed by atoms with Crippen LogP contribution in [0.25, 0.3) is 0 Å². The fourth-order valence-electron chi connectivity index (χ4n) is 1.83. The molecule has 0 aromatic carbocycles. The molecule has 4 nitrogen and oxygen atoms in total. The Labute approximate surface area is 89.9 Å². The summed E-state index contributed by atoms with van der Waals surface area (Å²) in [4.78, 5) is 22.6. The molecule has 1 aliphatic rings. The second-order valence-electron chi connectivity index (χ2n) is 4.15. The second kappa shape index (κ2) is 5.14. The molecule has 1 saturated heterocycles. The van der Waals surface area contributed by atoms with Gasteiger partial charge in [0.2, 0.25) is 0 Å². The van der Waals surface area contributed by atoms with E-state index in [2.05, 4.69) is 0 Å². The average molecular weight is 214 g/mol. The third-order valence-corrected chi connectivity index (χ3v) is 2.55. The number of carbonyl (C=O) groups is 2. The van der Waals surface area contributed by atoms with E-state index < -0.39 is 0 Å². The summed E-state index contributed by atoms with van der Waals surface area (Å²) in [5.74, 6) is -0.565. The first kappa shape index (κ1) is 12.0. The Balaban J connectivity index is 2.44. The third-order valence-electron chi connectivity index (χ3n) is 2.55. The van der Waals surface area contributed by atoms with E-state index in [1.807, 2.05) is 20.8 Å². The molecule has 1 heterocycles. The molecule has 86 valence electrons. The number of carbonyl (C=O) groups excluding carboxylic acids is 2. The number of esters is 2. The molecular weight excluding hydrogens is 196 g/mol. The van der Waals surface area contributed by atoms with Crippen molar-refractivity contribution in [2.75, 3.05) is 6.61 Å². The molecule has 4 heteroatoms. The van der Waals surface area contributed by atoms with E-state index in [4.69, 9.17) is 9.47 Å². The minimum absolute atomic E-state index is 0.00579. The minimum atomic E-state index is -0.244. The largest absolute Gasteiger partial charge is 0.465 e. The fraction of sp³-hybridized carbons (Fsp3) is 0.818. The highest BCUT2D eigenvalue weighted by Gasteiger charge is 2.36. The van der Waals surface area contributed by atoms with E-state index >= 15 is 0 Å². The average Bonchev–Trinajstić information content (AvgIpc) is 2.45. The Kier molecular flexibility index (Phi) is 4.12. The minimum Gasteiger partial charge on any atom is -0.465 e. The number of rotatable bonds is 4. The summed E-state index contributed by atoms with van der Waals surface area (Å²) in [6.07, 6.45) is 0.900. The first-order valence-electron chi connectivity index (χ1n) is 5.40. The zero-order chi connectivity index (χ0) is 11.4. The van der Waals surface area contributed by atoms with Crippen LogP contribution in [-0.2, 0) is 19.1 Å². The Morgan fingerprint density at radius 2 is 2.27 bits per heavy atom. The highest BCUT2D eigenvalue weighted by Crippen LogP contribution is 2.28. The molecule has 0 aromatic heterocycles. The molecule has 0 aliphatic carbocycles. The van der Waals surface area contributed by atoms with Gasteiger partial charge in [-0.1, -0.05) is 6.92 Å². The Bertz CT molecular complexity index is 247. The van der Waals surface area contributed by atoms with Crippen molar-refractivity contribution in [2.24, 2.45) is 11.8 Å². The summed E-state index contributed by atoms with van der Waals surface area (Å²) in [6.45, 7) is 5.90. The van der Waals surface area contributed by atoms with Gasteiger partial charge in [-0.2, -0.15) is 0 Å². The van der Waals surface area contributed by atoms with Crippen LogP contribution in [0.1, 0.15) is 33.6 Å². The number of hydrogen-bond acceptors (Lipinski definition) is 4. The molecule has 0 aromatic rings. The number of cyclic esters (lactones) is 1. The number of ether oxygens (including phenoxy) is 2. The van der Waals surface area contributed by atoms with Gasteiger partial charge < -0.3 is 9.47 Å². The lowest BCUT2D eigenvalue weighted by molar-refractivity contribution is -0.148. The van der Waals surface area contributed by atoms with Crippen LogP contribution in [0.2, 0.25) is 0 Å². The predicted octanol–water partition coefficient (Wildman–Crippen LogP) is 1.53. The maximum Gasteiger partial charge on any atom is 0.309 e. The lowest BCUT2D eigenvalue weighted by Gasteiger charge is -2.13. The van der Waals surface area contributed by atoms with Gasteiger partial charge in [0.05, 0.1) is 25.0 Å². The third kappa shape index (κ3) is 3.22. The van der Waals surface area contributed by atoms with Gasteiger partial charge in [-0.3, -0.25) is 9.59 Å².